The molecule has 0 spiro atoms. The first-order valence-electron chi connectivity index (χ1n) is 9.75. The van der Waals surface area contributed by atoms with Crippen LogP contribution in [0, 0.1) is 34.5 Å². The Morgan fingerprint density at radius 2 is 1.76 bits per heavy atom. The number of fused-ring (bicyclic) bond motifs is 5. The van der Waals surface area contributed by atoms with Gasteiger partial charge in [-0.1, -0.05) is 38.3 Å². The van der Waals surface area contributed by atoms with Crippen molar-refractivity contribution in [2.75, 3.05) is 0 Å². The molecule has 4 aliphatic carbocycles. The third-order valence-corrected chi connectivity index (χ3v) is 8.78. The van der Waals surface area contributed by atoms with E-state index in [4.69, 9.17) is 0 Å². The van der Waals surface area contributed by atoms with Crippen molar-refractivity contribution in [1.82, 2.24) is 0 Å². The number of hydrogen-bond acceptors (Lipinski definition) is 0. The van der Waals surface area contributed by atoms with E-state index >= 15 is 0 Å². The fourth-order valence-electron chi connectivity index (χ4n) is 7.62. The van der Waals surface area contributed by atoms with Gasteiger partial charge in [0.25, 0.3) is 0 Å². The van der Waals surface area contributed by atoms with Crippen LogP contribution in [0.25, 0.3) is 0 Å². The quantitative estimate of drug-likeness (QED) is 0.454. The maximum atomic E-state index is 2.70. The summed E-state index contributed by atoms with van der Waals surface area (Å²) in [5, 5.41) is 0. The molecule has 0 unspecified atom stereocenters. The molecular formula is C21H34. The lowest BCUT2D eigenvalue weighted by atomic mass is 9.45. The largest absolute Gasteiger partial charge is 0.0879 e. The fourth-order valence-corrected chi connectivity index (χ4v) is 7.62. The molecule has 0 bridgehead atoms. The molecule has 118 valence electrons. The number of allylic oxidation sites excluding steroid dienone is 2. The van der Waals surface area contributed by atoms with Gasteiger partial charge in [-0.3, -0.25) is 0 Å². The van der Waals surface area contributed by atoms with Gasteiger partial charge in [0.05, 0.1) is 0 Å². The third-order valence-electron chi connectivity index (χ3n) is 8.78. The summed E-state index contributed by atoms with van der Waals surface area (Å²) < 4.78 is 0. The van der Waals surface area contributed by atoms with E-state index in [1.54, 1.807) is 25.7 Å². The lowest BCUT2D eigenvalue weighted by Gasteiger charge is -2.60. The Balaban J connectivity index is 1.66. The summed E-state index contributed by atoms with van der Waals surface area (Å²) in [5.74, 6) is 4.20. The number of rotatable bonds is 0. The summed E-state index contributed by atoms with van der Waals surface area (Å²) in [5.41, 5.74) is 3.09. The lowest BCUT2D eigenvalue weighted by molar-refractivity contribution is -0.0972. The Morgan fingerprint density at radius 1 is 0.905 bits per heavy atom. The fraction of sp³-hybridized carbons (Fsp3) is 0.905. The molecule has 0 aromatic rings. The van der Waals surface area contributed by atoms with Crippen molar-refractivity contribution in [2.45, 2.75) is 85.0 Å². The van der Waals surface area contributed by atoms with Crippen LogP contribution in [-0.4, -0.2) is 0 Å². The molecule has 4 fully saturated rings. The summed E-state index contributed by atoms with van der Waals surface area (Å²) in [6.45, 7) is 7.60. The van der Waals surface area contributed by atoms with Crippen LogP contribution < -0.4 is 0 Å². The van der Waals surface area contributed by atoms with Crippen LogP contribution >= 0.6 is 0 Å². The summed E-state index contributed by atoms with van der Waals surface area (Å²) in [7, 11) is 0. The van der Waals surface area contributed by atoms with Crippen LogP contribution in [0.15, 0.2) is 11.6 Å². The molecule has 0 aromatic heterocycles. The second kappa shape index (κ2) is 4.87. The van der Waals surface area contributed by atoms with E-state index in [0.29, 0.717) is 10.8 Å². The molecule has 4 aliphatic rings. The smallest absolute Gasteiger partial charge is 0.00853 e. The molecule has 4 saturated carbocycles. The van der Waals surface area contributed by atoms with Crippen molar-refractivity contribution in [3.63, 3.8) is 0 Å². The molecule has 6 atom stereocenters. The van der Waals surface area contributed by atoms with Crippen molar-refractivity contribution >= 4 is 0 Å². The van der Waals surface area contributed by atoms with Crippen LogP contribution in [0.2, 0.25) is 0 Å². The van der Waals surface area contributed by atoms with Gasteiger partial charge >= 0.3 is 0 Å². The monoisotopic (exact) mass is 286 g/mol. The molecule has 0 aliphatic heterocycles. The minimum absolute atomic E-state index is 0.577. The molecule has 0 nitrogen and oxygen atoms in total. The first-order valence-corrected chi connectivity index (χ1v) is 9.75. The van der Waals surface area contributed by atoms with Gasteiger partial charge in [-0.2, -0.15) is 0 Å². The average molecular weight is 287 g/mol. The van der Waals surface area contributed by atoms with Crippen LogP contribution in [0.5, 0.6) is 0 Å². The molecule has 0 heterocycles. The van der Waals surface area contributed by atoms with Gasteiger partial charge in [-0.05, 0) is 92.8 Å². The standard InChI is InChI=1S/C21H34/c1-4-15-9-11-18-17-10-8-16-7-5-6-13-20(16,2)19(17)12-14-21(15,18)3/h4,16-19H,5-14H2,1-3H3/b15-4+/t16-,17+,18+,19+,20+,21-/m1/s1. The second-order valence-corrected chi connectivity index (χ2v) is 9.21. The van der Waals surface area contributed by atoms with E-state index in [0.717, 1.165) is 23.7 Å². The highest BCUT2D eigenvalue weighted by atomic mass is 14.6. The second-order valence-electron chi connectivity index (χ2n) is 9.21. The third kappa shape index (κ3) is 1.86. The maximum Gasteiger partial charge on any atom is -0.00853 e. The van der Waals surface area contributed by atoms with Crippen LogP contribution in [-0.2, 0) is 0 Å². The topological polar surface area (TPSA) is 0 Å². The van der Waals surface area contributed by atoms with E-state index in [2.05, 4.69) is 26.8 Å². The highest BCUT2D eigenvalue weighted by Gasteiger charge is 2.58. The van der Waals surface area contributed by atoms with E-state index in [1.807, 2.05) is 5.57 Å². The van der Waals surface area contributed by atoms with Gasteiger partial charge in [0.2, 0.25) is 0 Å². The molecule has 0 N–H and O–H groups in total. The first kappa shape index (κ1) is 14.3. The Labute approximate surface area is 131 Å². The summed E-state index contributed by atoms with van der Waals surface area (Å²) in [6.07, 6.45) is 17.6. The van der Waals surface area contributed by atoms with Crippen molar-refractivity contribution in [1.29, 1.82) is 0 Å². The molecule has 0 radical (unpaired) electrons. The predicted octanol–water partition coefficient (Wildman–Crippen LogP) is 6.37. The summed E-state index contributed by atoms with van der Waals surface area (Å²) in [6, 6.07) is 0. The van der Waals surface area contributed by atoms with Crippen LogP contribution in [0.4, 0.5) is 0 Å². The molecule has 0 aromatic carbocycles. The van der Waals surface area contributed by atoms with Crippen molar-refractivity contribution in [3.8, 4) is 0 Å². The molecule has 4 rings (SSSR count). The minimum Gasteiger partial charge on any atom is -0.0879 e. The minimum atomic E-state index is 0.577. The normalized spacial score (nSPS) is 54.9. The SMILES string of the molecule is C/C=C1\CC[C@H]2[C@@H]3CC[C@H]4CCCC[C@]4(C)[C@H]3CC[C@]12C. The zero-order valence-electron chi connectivity index (χ0n) is 14.5. The van der Waals surface area contributed by atoms with Gasteiger partial charge in [-0.25, -0.2) is 0 Å². The lowest BCUT2D eigenvalue weighted by Crippen LogP contribution is -2.52. The van der Waals surface area contributed by atoms with E-state index in [-0.39, 0.29) is 0 Å². The molecular weight excluding hydrogens is 252 g/mol. The highest BCUT2D eigenvalue weighted by Crippen LogP contribution is 2.67. The van der Waals surface area contributed by atoms with Crippen molar-refractivity contribution in [2.24, 2.45) is 34.5 Å². The predicted molar refractivity (Wildman–Crippen MR) is 90.1 cm³/mol. The molecule has 0 saturated heterocycles. The zero-order chi connectivity index (χ0) is 14.7. The Hall–Kier alpha value is -0.260. The van der Waals surface area contributed by atoms with E-state index in [1.165, 1.54) is 38.5 Å². The first-order chi connectivity index (χ1) is 10.1. The van der Waals surface area contributed by atoms with Gasteiger partial charge in [0, 0.05) is 0 Å². The molecule has 0 heteroatoms. The Kier molecular flexibility index (Phi) is 3.32. The van der Waals surface area contributed by atoms with Gasteiger partial charge in [0.15, 0.2) is 0 Å². The van der Waals surface area contributed by atoms with Gasteiger partial charge in [-0.15, -0.1) is 0 Å². The summed E-state index contributed by atoms with van der Waals surface area (Å²) in [4.78, 5) is 0. The summed E-state index contributed by atoms with van der Waals surface area (Å²) >= 11 is 0. The van der Waals surface area contributed by atoms with Crippen molar-refractivity contribution in [3.05, 3.63) is 11.6 Å². The Morgan fingerprint density at radius 3 is 2.57 bits per heavy atom. The van der Waals surface area contributed by atoms with Gasteiger partial charge in [0.1, 0.15) is 0 Å². The van der Waals surface area contributed by atoms with E-state index < -0.39 is 0 Å². The van der Waals surface area contributed by atoms with E-state index in [9.17, 15) is 0 Å². The van der Waals surface area contributed by atoms with Crippen molar-refractivity contribution < 1.29 is 0 Å². The molecule has 0 amide bonds. The Bertz CT molecular complexity index is 447. The van der Waals surface area contributed by atoms with Crippen LogP contribution in [0.3, 0.4) is 0 Å². The van der Waals surface area contributed by atoms with Gasteiger partial charge < -0.3 is 0 Å². The van der Waals surface area contributed by atoms with Crippen LogP contribution in [0.1, 0.15) is 85.0 Å². The highest BCUT2D eigenvalue weighted by molar-refractivity contribution is 5.23. The molecule has 21 heavy (non-hydrogen) atoms. The maximum absolute atomic E-state index is 2.70. The number of hydrogen-bond donors (Lipinski definition) is 0. The zero-order valence-corrected chi connectivity index (χ0v) is 14.5. The average Bonchev–Trinajstić information content (AvgIpc) is 2.83.